The number of nitrogens with zero attached hydrogens (tertiary/aromatic N) is 6. The van der Waals surface area contributed by atoms with Gasteiger partial charge in [-0.1, -0.05) is 12.7 Å². The van der Waals surface area contributed by atoms with Crippen molar-refractivity contribution in [3.8, 4) is 0 Å². The zero-order valence-electron chi connectivity index (χ0n) is 15.6. The van der Waals surface area contributed by atoms with Gasteiger partial charge in [-0.25, -0.2) is 15.3 Å². The topological polar surface area (TPSA) is 102 Å². The number of rotatable bonds is 4. The van der Waals surface area contributed by atoms with E-state index in [0.29, 0.717) is 0 Å². The third kappa shape index (κ3) is 8.36. The zero-order valence-corrected chi connectivity index (χ0v) is 17.6. The van der Waals surface area contributed by atoms with Crippen LogP contribution in [0, 0.1) is 13.3 Å². The number of allylic oxidation sites excluding steroid dienone is 2. The standard InChI is InChI=1S/C9H9BN6.C7H10O.2CO.Mo/c1-4-11-14(7-1)10(15-8-2-5-12-15)16-9-3-6-13-16;1-2-7-4-3-5-8-6-7;2*1-2;/h1-9H;2,6H,1,3-5H2;;;/q-1;;;;. The van der Waals surface area contributed by atoms with Crippen molar-refractivity contribution in [3.05, 3.63) is 93.2 Å². The number of hydrogen-bond acceptors (Lipinski definition) is 4. The molecule has 29 heavy (non-hydrogen) atoms. The summed E-state index contributed by atoms with van der Waals surface area (Å²) in [6, 6.07) is 5.62. The molecular weight excluding hydrogens is 455 g/mol. The summed E-state index contributed by atoms with van der Waals surface area (Å²) in [6.45, 7) is 13.5. The summed E-state index contributed by atoms with van der Waals surface area (Å²) in [5, 5.41) is 12.7. The molecule has 11 heteroatoms. The van der Waals surface area contributed by atoms with Crippen molar-refractivity contribution in [1.82, 2.24) is 29.1 Å². The van der Waals surface area contributed by atoms with E-state index in [4.69, 9.17) is 14.0 Å². The van der Waals surface area contributed by atoms with E-state index in [2.05, 4.69) is 35.2 Å². The molecule has 0 saturated carbocycles. The quantitative estimate of drug-likeness (QED) is 0.328. The van der Waals surface area contributed by atoms with Crippen LogP contribution in [0.25, 0.3) is 0 Å². The predicted molar refractivity (Wildman–Crippen MR) is 100.0 cm³/mol. The maximum atomic E-state index is 7.50. The van der Waals surface area contributed by atoms with Gasteiger partial charge in [0.05, 0.1) is 12.9 Å². The molecule has 0 N–H and O–H groups in total. The molecule has 0 unspecified atom stereocenters. The van der Waals surface area contributed by atoms with Crippen molar-refractivity contribution in [1.29, 1.82) is 0 Å². The zero-order chi connectivity index (χ0) is 20.6. The van der Waals surface area contributed by atoms with E-state index in [-0.39, 0.29) is 28.2 Å². The minimum absolute atomic E-state index is 0. The van der Waals surface area contributed by atoms with Crippen LogP contribution in [0.1, 0.15) is 12.8 Å². The Morgan fingerprint density at radius 3 is 1.62 bits per heavy atom. The summed E-state index contributed by atoms with van der Waals surface area (Å²) in [5.74, 6) is 0. The van der Waals surface area contributed by atoms with E-state index < -0.39 is 0 Å². The molecule has 4 heterocycles. The molecule has 4 rings (SSSR count). The van der Waals surface area contributed by atoms with Crippen LogP contribution < -0.4 is 0 Å². The maximum Gasteiger partial charge on any atom is 0.260 e. The smallest absolute Gasteiger partial charge is 0.260 e. The van der Waals surface area contributed by atoms with Crippen molar-refractivity contribution in [2.45, 2.75) is 12.8 Å². The average molecular weight is 474 g/mol. The molecule has 0 atom stereocenters. The van der Waals surface area contributed by atoms with Gasteiger partial charge in [0.2, 0.25) is 0 Å². The van der Waals surface area contributed by atoms with Crippen molar-refractivity contribution in [3.63, 3.8) is 0 Å². The molecule has 1 aliphatic rings. The van der Waals surface area contributed by atoms with Gasteiger partial charge in [0.15, 0.2) is 0 Å². The number of aromatic nitrogens is 6. The molecule has 0 bridgehead atoms. The average Bonchev–Trinajstić information content (AvgIpc) is 3.57. The minimum atomic E-state index is -0.194. The Bertz CT molecular complexity index is 758. The number of ether oxygens (including phenoxy) is 1. The Labute approximate surface area is 183 Å². The molecule has 0 fully saturated rings. The van der Waals surface area contributed by atoms with Crippen molar-refractivity contribution in [2.75, 3.05) is 6.61 Å². The predicted octanol–water partition coefficient (Wildman–Crippen LogP) is 1.99. The van der Waals surface area contributed by atoms with Gasteiger partial charge >= 0.3 is 22.6 Å². The van der Waals surface area contributed by atoms with E-state index in [9.17, 15) is 0 Å². The molecular formula is C18H19BMoN6O3-. The minimum Gasteiger partial charge on any atom is -0.425 e. The first-order valence-electron chi connectivity index (χ1n) is 8.20. The van der Waals surface area contributed by atoms with E-state index >= 15 is 0 Å². The van der Waals surface area contributed by atoms with Gasteiger partial charge in [0, 0.05) is 39.7 Å². The SMILES string of the molecule is C=CC1=COCCC1.[C-]#[O+].[C-]#[O+].[Mo].c1cnn([B-](n2cccn2)n2cccn2)c1. The summed E-state index contributed by atoms with van der Waals surface area (Å²) in [6.07, 6.45) is 16.8. The summed E-state index contributed by atoms with van der Waals surface area (Å²) in [7, 11) is -0.194. The molecule has 3 aromatic rings. The van der Waals surface area contributed by atoms with Crippen LogP contribution in [0.15, 0.2) is 79.9 Å². The van der Waals surface area contributed by atoms with Gasteiger partial charge in [-0.2, -0.15) is 0 Å². The van der Waals surface area contributed by atoms with Gasteiger partial charge in [-0.15, -0.1) is 0 Å². The van der Waals surface area contributed by atoms with Crippen LogP contribution in [-0.4, -0.2) is 42.8 Å². The first-order chi connectivity index (χ1) is 13.9. The summed E-state index contributed by atoms with van der Waals surface area (Å²) in [5.41, 5.74) is 1.22. The Balaban J connectivity index is 0.000000515. The fourth-order valence-electron chi connectivity index (χ4n) is 2.35. The Kier molecular flexibility index (Phi) is 14.5. The molecule has 1 aliphatic heterocycles. The maximum absolute atomic E-state index is 7.50. The van der Waals surface area contributed by atoms with Crippen LogP contribution in [0.5, 0.6) is 0 Å². The molecule has 0 saturated heterocycles. The summed E-state index contributed by atoms with van der Waals surface area (Å²) < 4.78 is 25.4. The van der Waals surface area contributed by atoms with Gasteiger partial charge in [-0.05, 0) is 55.2 Å². The summed E-state index contributed by atoms with van der Waals surface area (Å²) in [4.78, 5) is 0. The molecule has 1 radical (unpaired) electrons. The Morgan fingerprint density at radius 1 is 0.931 bits per heavy atom. The fourth-order valence-corrected chi connectivity index (χ4v) is 2.35. The molecule has 0 aromatic carbocycles. The second kappa shape index (κ2) is 16.1. The fraction of sp³-hybridized carbons (Fsp3) is 0.167. The van der Waals surface area contributed by atoms with Gasteiger partial charge in [0.1, 0.15) is 0 Å². The molecule has 149 valence electrons. The van der Waals surface area contributed by atoms with Gasteiger partial charge in [-0.3, -0.25) is 0 Å². The summed E-state index contributed by atoms with van der Waals surface area (Å²) >= 11 is 0. The second-order valence-electron chi connectivity index (χ2n) is 5.18. The first-order valence-corrected chi connectivity index (χ1v) is 8.20. The normalized spacial score (nSPS) is 11.4. The van der Waals surface area contributed by atoms with Gasteiger partial charge in [0.25, 0.3) is 7.12 Å². The largest absolute Gasteiger partial charge is 0.425 e. The molecule has 9 nitrogen and oxygen atoms in total. The van der Waals surface area contributed by atoms with Crippen molar-refractivity contribution < 1.29 is 35.1 Å². The molecule has 0 aliphatic carbocycles. The van der Waals surface area contributed by atoms with Crippen molar-refractivity contribution in [2.24, 2.45) is 0 Å². The first kappa shape index (κ1) is 26.1. The van der Waals surface area contributed by atoms with Crippen LogP contribution in [0.3, 0.4) is 0 Å². The second-order valence-corrected chi connectivity index (χ2v) is 5.18. The Hall–Kier alpha value is -2.86. The number of hydrogen-bond donors (Lipinski definition) is 0. The van der Waals surface area contributed by atoms with E-state index in [1.165, 1.54) is 5.57 Å². The van der Waals surface area contributed by atoms with Gasteiger partial charge < -0.3 is 18.5 Å². The van der Waals surface area contributed by atoms with Crippen LogP contribution in [0.4, 0.5) is 0 Å². The van der Waals surface area contributed by atoms with Crippen LogP contribution >= 0.6 is 0 Å². The van der Waals surface area contributed by atoms with E-state index in [1.54, 1.807) is 38.6 Å². The molecule has 0 spiro atoms. The van der Waals surface area contributed by atoms with E-state index in [1.807, 2.05) is 42.9 Å². The third-order valence-corrected chi connectivity index (χ3v) is 3.51. The van der Waals surface area contributed by atoms with Crippen LogP contribution in [0.2, 0.25) is 0 Å². The van der Waals surface area contributed by atoms with E-state index in [0.717, 1.165) is 19.4 Å². The third-order valence-electron chi connectivity index (χ3n) is 3.51. The molecule has 3 aromatic heterocycles. The van der Waals surface area contributed by atoms with Crippen LogP contribution in [-0.2, 0) is 35.1 Å². The monoisotopic (exact) mass is 476 g/mol. The molecule has 0 amide bonds. The Morgan fingerprint density at radius 2 is 1.38 bits per heavy atom. The van der Waals surface area contributed by atoms with Crippen molar-refractivity contribution >= 4 is 7.12 Å².